The summed E-state index contributed by atoms with van der Waals surface area (Å²) in [4.78, 5) is 16.2. The molecule has 0 spiro atoms. The van der Waals surface area contributed by atoms with Gasteiger partial charge < -0.3 is 0 Å². The highest BCUT2D eigenvalue weighted by Crippen LogP contribution is 2.18. The second kappa shape index (κ2) is 6.31. The van der Waals surface area contributed by atoms with E-state index < -0.39 is 0 Å². The highest BCUT2D eigenvalue weighted by Gasteiger charge is 2.11. The largest absolute Gasteiger partial charge is 0.295 e. The van der Waals surface area contributed by atoms with E-state index in [1.54, 1.807) is 6.92 Å². The maximum absolute atomic E-state index is 11.6. The molecule has 2 aromatic carbocycles. The van der Waals surface area contributed by atoms with Crippen LogP contribution >= 0.6 is 0 Å². The molecule has 0 saturated carbocycles. The van der Waals surface area contributed by atoms with Crippen LogP contribution in [0.1, 0.15) is 40.9 Å². The van der Waals surface area contributed by atoms with Crippen LogP contribution in [0.4, 0.5) is 0 Å². The van der Waals surface area contributed by atoms with Crippen LogP contribution in [0.25, 0.3) is 0 Å². The van der Waals surface area contributed by atoms with Gasteiger partial charge in [-0.3, -0.25) is 9.79 Å². The summed E-state index contributed by atoms with van der Waals surface area (Å²) in [6, 6.07) is 15.7. The standard InChI is InChI=1S/C19H19NO/c1-13(2)20-19(18-11-6-5-8-14(18)3)17-10-7-9-16(12-17)15(4)21/h5-12H,1H2,2-4H3. The van der Waals surface area contributed by atoms with Crippen LogP contribution < -0.4 is 0 Å². The Morgan fingerprint density at radius 2 is 1.67 bits per heavy atom. The molecule has 0 heterocycles. The number of allylic oxidation sites excluding steroid dienone is 1. The van der Waals surface area contributed by atoms with E-state index in [9.17, 15) is 4.79 Å². The van der Waals surface area contributed by atoms with Gasteiger partial charge in [0.1, 0.15) is 0 Å². The lowest BCUT2D eigenvalue weighted by Gasteiger charge is -2.11. The Labute approximate surface area is 125 Å². The van der Waals surface area contributed by atoms with E-state index in [1.807, 2.05) is 49.4 Å². The number of aryl methyl sites for hydroxylation is 1. The fourth-order valence-corrected chi connectivity index (χ4v) is 2.20. The summed E-state index contributed by atoms with van der Waals surface area (Å²) in [5.74, 6) is 0.0521. The Hall–Kier alpha value is -2.48. The lowest BCUT2D eigenvalue weighted by Crippen LogP contribution is -2.07. The summed E-state index contributed by atoms with van der Waals surface area (Å²) < 4.78 is 0. The summed E-state index contributed by atoms with van der Waals surface area (Å²) in [7, 11) is 0. The monoisotopic (exact) mass is 277 g/mol. The minimum absolute atomic E-state index is 0.0521. The highest BCUT2D eigenvalue weighted by atomic mass is 16.1. The summed E-state index contributed by atoms with van der Waals surface area (Å²) in [5.41, 5.74) is 5.41. The van der Waals surface area contributed by atoms with Crippen LogP contribution in [0.3, 0.4) is 0 Å². The van der Waals surface area contributed by atoms with Crippen molar-refractivity contribution in [3.63, 3.8) is 0 Å². The normalized spacial score (nSPS) is 11.3. The van der Waals surface area contributed by atoms with Gasteiger partial charge in [0.15, 0.2) is 5.78 Å². The fraction of sp³-hybridized carbons (Fsp3) is 0.158. The molecule has 21 heavy (non-hydrogen) atoms. The van der Waals surface area contributed by atoms with Crippen LogP contribution in [-0.2, 0) is 0 Å². The second-order valence-electron chi connectivity index (χ2n) is 5.15. The summed E-state index contributed by atoms with van der Waals surface area (Å²) in [6.45, 7) is 9.37. The van der Waals surface area contributed by atoms with Crippen molar-refractivity contribution in [3.05, 3.63) is 83.1 Å². The lowest BCUT2D eigenvalue weighted by atomic mass is 9.96. The van der Waals surface area contributed by atoms with E-state index in [0.29, 0.717) is 5.56 Å². The Morgan fingerprint density at radius 1 is 1.00 bits per heavy atom. The summed E-state index contributed by atoms with van der Waals surface area (Å²) in [5, 5.41) is 0. The van der Waals surface area contributed by atoms with Crippen molar-refractivity contribution in [3.8, 4) is 0 Å². The predicted octanol–water partition coefficient (Wildman–Crippen LogP) is 4.57. The first-order valence-electron chi connectivity index (χ1n) is 6.90. The van der Waals surface area contributed by atoms with Gasteiger partial charge in [0.05, 0.1) is 5.71 Å². The van der Waals surface area contributed by atoms with Crippen molar-refractivity contribution in [2.45, 2.75) is 20.8 Å². The van der Waals surface area contributed by atoms with Gasteiger partial charge in [0.25, 0.3) is 0 Å². The molecular weight excluding hydrogens is 258 g/mol. The number of nitrogens with zero attached hydrogens (tertiary/aromatic N) is 1. The van der Waals surface area contributed by atoms with Gasteiger partial charge in [-0.15, -0.1) is 0 Å². The third-order valence-corrected chi connectivity index (χ3v) is 3.25. The summed E-state index contributed by atoms with van der Waals surface area (Å²) >= 11 is 0. The molecule has 0 atom stereocenters. The van der Waals surface area contributed by atoms with Gasteiger partial charge in [-0.2, -0.15) is 0 Å². The zero-order valence-electron chi connectivity index (χ0n) is 12.7. The number of hydrogen-bond acceptors (Lipinski definition) is 2. The number of Topliss-reactive ketones (excluding diaryl/α,β-unsaturated/α-hetero) is 1. The molecule has 0 aliphatic rings. The first-order chi connectivity index (χ1) is 9.99. The second-order valence-corrected chi connectivity index (χ2v) is 5.15. The average molecular weight is 277 g/mol. The topological polar surface area (TPSA) is 29.4 Å². The van der Waals surface area contributed by atoms with Crippen LogP contribution in [-0.4, -0.2) is 11.5 Å². The molecule has 2 aromatic rings. The van der Waals surface area contributed by atoms with Gasteiger partial charge in [0.2, 0.25) is 0 Å². The van der Waals surface area contributed by atoms with Crippen LogP contribution in [0.5, 0.6) is 0 Å². The van der Waals surface area contributed by atoms with Crippen LogP contribution in [0, 0.1) is 6.92 Å². The molecule has 2 heteroatoms. The van der Waals surface area contributed by atoms with E-state index in [2.05, 4.69) is 24.6 Å². The molecule has 2 nitrogen and oxygen atoms in total. The average Bonchev–Trinajstić information content (AvgIpc) is 2.45. The van der Waals surface area contributed by atoms with Gasteiger partial charge in [-0.05, 0) is 32.4 Å². The molecule has 0 amide bonds. The van der Waals surface area contributed by atoms with Crippen molar-refractivity contribution in [2.75, 3.05) is 0 Å². The number of ketones is 1. The molecule has 106 valence electrons. The minimum atomic E-state index is 0.0521. The number of carbonyl (C=O) groups excluding carboxylic acids is 1. The van der Waals surface area contributed by atoms with E-state index >= 15 is 0 Å². The smallest absolute Gasteiger partial charge is 0.159 e. The van der Waals surface area contributed by atoms with Crippen LogP contribution in [0.15, 0.2) is 65.8 Å². The lowest BCUT2D eigenvalue weighted by molar-refractivity contribution is 0.101. The van der Waals surface area contributed by atoms with Crippen molar-refractivity contribution in [2.24, 2.45) is 4.99 Å². The molecule has 0 unspecified atom stereocenters. The zero-order valence-corrected chi connectivity index (χ0v) is 12.7. The third kappa shape index (κ3) is 3.54. The highest BCUT2D eigenvalue weighted by molar-refractivity contribution is 6.15. The zero-order chi connectivity index (χ0) is 15.4. The quantitative estimate of drug-likeness (QED) is 0.594. The number of aliphatic imine (C=N–C) groups is 1. The molecule has 2 rings (SSSR count). The molecule has 0 N–H and O–H groups in total. The molecule has 0 aromatic heterocycles. The molecule has 0 saturated heterocycles. The predicted molar refractivity (Wildman–Crippen MR) is 88.1 cm³/mol. The molecular formula is C19H19NO. The van der Waals surface area contributed by atoms with E-state index in [-0.39, 0.29) is 5.78 Å². The SMILES string of the molecule is C=C(C)N=C(c1cccc(C(C)=O)c1)c1ccccc1C. The maximum atomic E-state index is 11.6. The van der Waals surface area contributed by atoms with Gasteiger partial charge in [-0.1, -0.05) is 49.0 Å². The number of hydrogen-bond donors (Lipinski definition) is 0. The van der Waals surface area contributed by atoms with Crippen molar-refractivity contribution < 1.29 is 4.79 Å². The van der Waals surface area contributed by atoms with E-state index in [0.717, 1.165) is 28.1 Å². The van der Waals surface area contributed by atoms with Crippen molar-refractivity contribution in [1.82, 2.24) is 0 Å². The fourth-order valence-electron chi connectivity index (χ4n) is 2.20. The molecule has 0 fully saturated rings. The Balaban J connectivity index is 2.63. The Kier molecular flexibility index (Phi) is 4.49. The molecule has 0 aliphatic heterocycles. The summed E-state index contributed by atoms with van der Waals surface area (Å²) in [6.07, 6.45) is 0. The third-order valence-electron chi connectivity index (χ3n) is 3.25. The van der Waals surface area contributed by atoms with Gasteiger partial charge in [0, 0.05) is 22.4 Å². The number of carbonyl (C=O) groups is 1. The van der Waals surface area contributed by atoms with E-state index in [4.69, 9.17) is 0 Å². The first-order valence-corrected chi connectivity index (χ1v) is 6.90. The molecule has 0 bridgehead atoms. The van der Waals surface area contributed by atoms with Gasteiger partial charge in [-0.25, -0.2) is 0 Å². The Bertz CT molecular complexity index is 726. The van der Waals surface area contributed by atoms with E-state index in [1.165, 1.54) is 0 Å². The first kappa shape index (κ1) is 14.9. The van der Waals surface area contributed by atoms with Gasteiger partial charge >= 0.3 is 0 Å². The molecule has 0 radical (unpaired) electrons. The maximum Gasteiger partial charge on any atom is 0.159 e. The number of rotatable bonds is 4. The Morgan fingerprint density at radius 3 is 2.29 bits per heavy atom. The van der Waals surface area contributed by atoms with Crippen LogP contribution in [0.2, 0.25) is 0 Å². The minimum Gasteiger partial charge on any atom is -0.295 e. The number of benzene rings is 2. The van der Waals surface area contributed by atoms with Crippen molar-refractivity contribution in [1.29, 1.82) is 0 Å². The van der Waals surface area contributed by atoms with Crippen molar-refractivity contribution >= 4 is 11.5 Å². The molecule has 0 aliphatic carbocycles.